The van der Waals surface area contributed by atoms with Gasteiger partial charge in [0.15, 0.2) is 0 Å². The van der Waals surface area contributed by atoms with Gasteiger partial charge in [0.2, 0.25) is 0 Å². The first-order chi connectivity index (χ1) is 7.31. The molecule has 0 radical (unpaired) electrons. The minimum absolute atomic E-state index is 0.703. The normalized spacial score (nSPS) is 15.9. The molecule has 0 amide bonds. The highest BCUT2D eigenvalue weighted by molar-refractivity contribution is 5.47. The standard InChI is InChI=1S/C12H19N3/c1-3-13-11-8-5-9-12(14-11)15(2)10-6-4-7-10/h5,8-10H,3-4,6-7H2,1-2H3,(H,13,14). The van der Waals surface area contributed by atoms with E-state index < -0.39 is 0 Å². The lowest BCUT2D eigenvalue weighted by molar-refractivity contribution is 0.399. The number of nitrogens with zero attached hydrogens (tertiary/aromatic N) is 2. The van der Waals surface area contributed by atoms with Crippen molar-refractivity contribution in [2.45, 2.75) is 32.2 Å². The predicted octanol–water partition coefficient (Wildman–Crippen LogP) is 2.50. The van der Waals surface area contributed by atoms with Gasteiger partial charge in [0, 0.05) is 19.6 Å². The summed E-state index contributed by atoms with van der Waals surface area (Å²) in [5.41, 5.74) is 0. The average molecular weight is 205 g/mol. The summed E-state index contributed by atoms with van der Waals surface area (Å²) in [5, 5.41) is 3.24. The van der Waals surface area contributed by atoms with Crippen LogP contribution in [0, 0.1) is 0 Å². The molecule has 15 heavy (non-hydrogen) atoms. The maximum Gasteiger partial charge on any atom is 0.130 e. The summed E-state index contributed by atoms with van der Waals surface area (Å²) in [7, 11) is 2.14. The van der Waals surface area contributed by atoms with Crippen molar-refractivity contribution >= 4 is 11.6 Å². The number of hydrogen-bond donors (Lipinski definition) is 1. The molecule has 1 aromatic heterocycles. The first-order valence-electron chi connectivity index (χ1n) is 5.75. The van der Waals surface area contributed by atoms with E-state index in [1.807, 2.05) is 6.07 Å². The third-order valence-electron chi connectivity index (χ3n) is 3.08. The molecule has 0 aliphatic heterocycles. The van der Waals surface area contributed by atoms with E-state index in [0.717, 1.165) is 18.2 Å². The van der Waals surface area contributed by atoms with Crippen LogP contribution < -0.4 is 10.2 Å². The van der Waals surface area contributed by atoms with E-state index in [4.69, 9.17) is 0 Å². The minimum Gasteiger partial charge on any atom is -0.370 e. The van der Waals surface area contributed by atoms with E-state index in [2.05, 4.69) is 41.3 Å². The second-order valence-corrected chi connectivity index (χ2v) is 4.11. The Bertz CT molecular complexity index is 320. The van der Waals surface area contributed by atoms with Crippen molar-refractivity contribution in [1.82, 2.24) is 4.98 Å². The first kappa shape index (κ1) is 10.3. The fourth-order valence-electron chi connectivity index (χ4n) is 1.86. The molecule has 3 heteroatoms. The van der Waals surface area contributed by atoms with Crippen LogP contribution in [0.3, 0.4) is 0 Å². The van der Waals surface area contributed by atoms with Crippen molar-refractivity contribution in [3.63, 3.8) is 0 Å². The monoisotopic (exact) mass is 205 g/mol. The summed E-state index contributed by atoms with van der Waals surface area (Å²) in [6.07, 6.45) is 3.98. The largest absolute Gasteiger partial charge is 0.370 e. The lowest BCUT2D eigenvalue weighted by Crippen LogP contribution is -2.37. The smallest absolute Gasteiger partial charge is 0.130 e. The van der Waals surface area contributed by atoms with Gasteiger partial charge in [-0.1, -0.05) is 6.07 Å². The van der Waals surface area contributed by atoms with Crippen molar-refractivity contribution in [2.24, 2.45) is 0 Å². The molecule has 1 aliphatic carbocycles. The van der Waals surface area contributed by atoms with E-state index in [0.29, 0.717) is 6.04 Å². The Morgan fingerprint density at radius 1 is 1.47 bits per heavy atom. The van der Waals surface area contributed by atoms with Crippen molar-refractivity contribution in [3.05, 3.63) is 18.2 Å². The number of hydrogen-bond acceptors (Lipinski definition) is 3. The average Bonchev–Trinajstić information content (AvgIpc) is 2.16. The van der Waals surface area contributed by atoms with Crippen LogP contribution in [0.1, 0.15) is 26.2 Å². The molecule has 0 saturated heterocycles. The van der Waals surface area contributed by atoms with Gasteiger partial charge in [-0.2, -0.15) is 0 Å². The predicted molar refractivity (Wildman–Crippen MR) is 64.4 cm³/mol. The molecule has 0 unspecified atom stereocenters. The molecule has 2 rings (SSSR count). The molecule has 0 spiro atoms. The van der Waals surface area contributed by atoms with Crippen LogP contribution >= 0.6 is 0 Å². The number of nitrogens with one attached hydrogen (secondary N) is 1. The summed E-state index contributed by atoms with van der Waals surface area (Å²) in [4.78, 5) is 6.88. The fourth-order valence-corrected chi connectivity index (χ4v) is 1.86. The zero-order valence-electron chi connectivity index (χ0n) is 9.53. The molecule has 82 valence electrons. The van der Waals surface area contributed by atoms with Gasteiger partial charge in [-0.15, -0.1) is 0 Å². The highest BCUT2D eigenvalue weighted by Crippen LogP contribution is 2.27. The highest BCUT2D eigenvalue weighted by atomic mass is 15.2. The molecule has 0 aromatic carbocycles. The summed E-state index contributed by atoms with van der Waals surface area (Å²) in [6.45, 7) is 3.01. The Kier molecular flexibility index (Phi) is 3.09. The van der Waals surface area contributed by atoms with Gasteiger partial charge in [-0.25, -0.2) is 4.98 Å². The Morgan fingerprint density at radius 3 is 2.87 bits per heavy atom. The Balaban J connectivity index is 2.09. The lowest BCUT2D eigenvalue weighted by atomic mass is 9.92. The third kappa shape index (κ3) is 2.22. The van der Waals surface area contributed by atoms with Crippen LogP contribution in [-0.4, -0.2) is 24.6 Å². The van der Waals surface area contributed by atoms with Gasteiger partial charge in [0.25, 0.3) is 0 Å². The SMILES string of the molecule is CCNc1cccc(N(C)C2CCC2)n1. The molecule has 1 saturated carbocycles. The molecule has 0 atom stereocenters. The van der Waals surface area contributed by atoms with Gasteiger partial charge in [-0.05, 0) is 38.3 Å². The van der Waals surface area contributed by atoms with Gasteiger partial charge < -0.3 is 10.2 Å². The number of pyridine rings is 1. The van der Waals surface area contributed by atoms with Crippen molar-refractivity contribution in [2.75, 3.05) is 23.8 Å². The molecule has 1 fully saturated rings. The molecule has 1 heterocycles. The second kappa shape index (κ2) is 4.51. The molecular formula is C12H19N3. The Morgan fingerprint density at radius 2 is 2.27 bits per heavy atom. The van der Waals surface area contributed by atoms with Crippen molar-refractivity contribution < 1.29 is 0 Å². The summed E-state index contributed by atoms with van der Waals surface area (Å²) in [6, 6.07) is 6.87. The summed E-state index contributed by atoms with van der Waals surface area (Å²) in [5.74, 6) is 2.05. The Hall–Kier alpha value is -1.25. The number of anilines is 2. The van der Waals surface area contributed by atoms with Gasteiger partial charge >= 0.3 is 0 Å². The van der Waals surface area contributed by atoms with E-state index in [9.17, 15) is 0 Å². The molecule has 1 aliphatic rings. The van der Waals surface area contributed by atoms with E-state index >= 15 is 0 Å². The highest BCUT2D eigenvalue weighted by Gasteiger charge is 2.22. The molecular weight excluding hydrogens is 186 g/mol. The maximum absolute atomic E-state index is 4.58. The summed E-state index contributed by atoms with van der Waals surface area (Å²) >= 11 is 0. The Labute approximate surface area is 91.5 Å². The van der Waals surface area contributed by atoms with E-state index in [-0.39, 0.29) is 0 Å². The molecule has 1 N–H and O–H groups in total. The number of rotatable bonds is 4. The van der Waals surface area contributed by atoms with Crippen LogP contribution in [0.4, 0.5) is 11.6 Å². The van der Waals surface area contributed by atoms with Crippen LogP contribution in [0.15, 0.2) is 18.2 Å². The zero-order chi connectivity index (χ0) is 10.7. The molecule has 1 aromatic rings. The van der Waals surface area contributed by atoms with Crippen LogP contribution in [0.5, 0.6) is 0 Å². The molecule has 3 nitrogen and oxygen atoms in total. The van der Waals surface area contributed by atoms with Gasteiger partial charge in [0.05, 0.1) is 0 Å². The van der Waals surface area contributed by atoms with Crippen LogP contribution in [0.25, 0.3) is 0 Å². The van der Waals surface area contributed by atoms with Crippen LogP contribution in [0.2, 0.25) is 0 Å². The second-order valence-electron chi connectivity index (χ2n) is 4.11. The van der Waals surface area contributed by atoms with Crippen molar-refractivity contribution in [1.29, 1.82) is 0 Å². The van der Waals surface area contributed by atoms with Crippen molar-refractivity contribution in [3.8, 4) is 0 Å². The quantitative estimate of drug-likeness (QED) is 0.818. The van der Waals surface area contributed by atoms with Crippen LogP contribution in [-0.2, 0) is 0 Å². The van der Waals surface area contributed by atoms with E-state index in [1.54, 1.807) is 0 Å². The fraction of sp³-hybridized carbons (Fsp3) is 0.583. The van der Waals surface area contributed by atoms with E-state index in [1.165, 1.54) is 19.3 Å². The number of aromatic nitrogens is 1. The zero-order valence-corrected chi connectivity index (χ0v) is 9.53. The summed E-state index contributed by atoms with van der Waals surface area (Å²) < 4.78 is 0. The first-order valence-corrected chi connectivity index (χ1v) is 5.75. The molecule has 0 bridgehead atoms. The van der Waals surface area contributed by atoms with Gasteiger partial charge in [-0.3, -0.25) is 0 Å². The van der Waals surface area contributed by atoms with Gasteiger partial charge in [0.1, 0.15) is 11.6 Å². The lowest BCUT2D eigenvalue weighted by Gasteiger charge is -2.35. The maximum atomic E-state index is 4.58. The topological polar surface area (TPSA) is 28.2 Å². The third-order valence-corrected chi connectivity index (χ3v) is 3.08. The minimum atomic E-state index is 0.703.